The van der Waals surface area contributed by atoms with E-state index in [4.69, 9.17) is 0 Å². The largest absolute Gasteiger partial charge is 0.339 e. The summed E-state index contributed by atoms with van der Waals surface area (Å²) in [6, 6.07) is 18.2. The van der Waals surface area contributed by atoms with Gasteiger partial charge in [-0.15, -0.1) is 10.2 Å². The number of hydrogen-bond acceptors (Lipinski definition) is 5. The minimum atomic E-state index is -0.317. The number of nitrogens with zero attached hydrogens (tertiary/aromatic N) is 2. The Labute approximate surface area is 163 Å². The second-order valence-corrected chi connectivity index (χ2v) is 6.19. The Morgan fingerprint density at radius 3 is 1.96 bits per heavy atom. The van der Waals surface area contributed by atoms with Crippen LogP contribution in [0.5, 0.6) is 0 Å². The van der Waals surface area contributed by atoms with Gasteiger partial charge in [0.2, 0.25) is 5.91 Å². The van der Waals surface area contributed by atoms with Crippen LogP contribution in [0.1, 0.15) is 29.9 Å². The molecule has 0 aliphatic rings. The Balaban J connectivity index is 1.60. The average molecular weight is 375 g/mol. The van der Waals surface area contributed by atoms with Crippen LogP contribution in [-0.2, 0) is 11.2 Å². The molecule has 0 atom stereocenters. The van der Waals surface area contributed by atoms with Crippen LogP contribution in [0.4, 0.5) is 22.9 Å². The summed E-state index contributed by atoms with van der Waals surface area (Å²) in [7, 11) is 0. The van der Waals surface area contributed by atoms with E-state index >= 15 is 0 Å². The van der Waals surface area contributed by atoms with Crippen LogP contribution in [0.3, 0.4) is 0 Å². The highest BCUT2D eigenvalue weighted by Crippen LogP contribution is 2.17. The van der Waals surface area contributed by atoms with E-state index < -0.39 is 0 Å². The molecular weight excluding hydrogens is 354 g/mol. The van der Waals surface area contributed by atoms with Crippen molar-refractivity contribution >= 4 is 34.7 Å². The fourth-order valence-corrected chi connectivity index (χ4v) is 2.53. The standard InChI is InChI=1S/C21H21N5O2/c1-3-15-4-6-18(7-5-15)24-21(28)19-12-13-20(26-25-19)23-17-10-8-16(9-11-17)22-14(2)27/h4-13H,3H2,1-2H3,(H,22,27)(H,23,26)(H,24,28). The van der Waals surface area contributed by atoms with Crippen LogP contribution < -0.4 is 16.0 Å². The van der Waals surface area contributed by atoms with Crippen molar-refractivity contribution in [2.45, 2.75) is 20.3 Å². The molecule has 7 heteroatoms. The van der Waals surface area contributed by atoms with Gasteiger partial charge in [0, 0.05) is 24.0 Å². The molecule has 7 nitrogen and oxygen atoms in total. The number of carbonyl (C=O) groups is 2. The van der Waals surface area contributed by atoms with E-state index in [0.717, 1.165) is 12.1 Å². The molecule has 0 saturated heterocycles. The van der Waals surface area contributed by atoms with E-state index in [1.54, 1.807) is 24.3 Å². The molecule has 142 valence electrons. The summed E-state index contributed by atoms with van der Waals surface area (Å²) in [6.07, 6.45) is 0.949. The summed E-state index contributed by atoms with van der Waals surface area (Å²) in [5, 5.41) is 16.6. The third-order valence-electron chi connectivity index (χ3n) is 3.99. The first-order chi connectivity index (χ1) is 13.5. The summed E-state index contributed by atoms with van der Waals surface area (Å²) in [5.41, 5.74) is 3.65. The number of rotatable bonds is 6. The van der Waals surface area contributed by atoms with E-state index in [-0.39, 0.29) is 17.5 Å². The van der Waals surface area contributed by atoms with Gasteiger partial charge in [0.25, 0.3) is 5.91 Å². The molecule has 3 rings (SSSR count). The summed E-state index contributed by atoms with van der Waals surface area (Å²) >= 11 is 0. The van der Waals surface area contributed by atoms with Gasteiger partial charge in [0.15, 0.2) is 11.5 Å². The van der Waals surface area contributed by atoms with Crippen molar-refractivity contribution in [3.8, 4) is 0 Å². The normalized spacial score (nSPS) is 10.2. The van der Waals surface area contributed by atoms with Gasteiger partial charge in [-0.2, -0.15) is 0 Å². The minimum absolute atomic E-state index is 0.123. The number of anilines is 4. The lowest BCUT2D eigenvalue weighted by atomic mass is 10.1. The maximum atomic E-state index is 12.3. The number of carbonyl (C=O) groups excluding carboxylic acids is 2. The third-order valence-corrected chi connectivity index (χ3v) is 3.99. The van der Waals surface area contributed by atoms with Crippen LogP contribution in [0.15, 0.2) is 60.7 Å². The number of amides is 2. The zero-order valence-electron chi connectivity index (χ0n) is 15.7. The van der Waals surface area contributed by atoms with E-state index in [2.05, 4.69) is 33.1 Å². The predicted molar refractivity (Wildman–Crippen MR) is 110 cm³/mol. The van der Waals surface area contributed by atoms with Crippen molar-refractivity contribution in [2.75, 3.05) is 16.0 Å². The van der Waals surface area contributed by atoms with Crippen molar-refractivity contribution < 1.29 is 9.59 Å². The highest BCUT2D eigenvalue weighted by atomic mass is 16.2. The molecule has 0 fully saturated rings. The van der Waals surface area contributed by atoms with E-state index in [9.17, 15) is 9.59 Å². The zero-order valence-corrected chi connectivity index (χ0v) is 15.7. The second kappa shape index (κ2) is 8.77. The fourth-order valence-electron chi connectivity index (χ4n) is 2.53. The van der Waals surface area contributed by atoms with Crippen molar-refractivity contribution in [3.63, 3.8) is 0 Å². The molecule has 1 aromatic heterocycles. The molecule has 0 aliphatic carbocycles. The van der Waals surface area contributed by atoms with Crippen LogP contribution in [-0.4, -0.2) is 22.0 Å². The first-order valence-corrected chi connectivity index (χ1v) is 8.92. The summed E-state index contributed by atoms with van der Waals surface area (Å²) < 4.78 is 0. The molecule has 3 aromatic rings. The van der Waals surface area contributed by atoms with Gasteiger partial charge in [-0.25, -0.2) is 0 Å². The molecule has 2 aromatic carbocycles. The van der Waals surface area contributed by atoms with E-state index in [1.807, 2.05) is 36.4 Å². The highest BCUT2D eigenvalue weighted by Gasteiger charge is 2.09. The Morgan fingerprint density at radius 1 is 0.786 bits per heavy atom. The van der Waals surface area contributed by atoms with Crippen LogP contribution in [0, 0.1) is 0 Å². The predicted octanol–water partition coefficient (Wildman–Crippen LogP) is 3.99. The lowest BCUT2D eigenvalue weighted by molar-refractivity contribution is -0.114. The van der Waals surface area contributed by atoms with Crippen LogP contribution in [0.2, 0.25) is 0 Å². The smallest absolute Gasteiger partial charge is 0.276 e. The number of benzene rings is 2. The SMILES string of the molecule is CCc1ccc(NC(=O)c2ccc(Nc3ccc(NC(C)=O)cc3)nn2)cc1. The molecule has 0 saturated carbocycles. The lowest BCUT2D eigenvalue weighted by Gasteiger charge is -2.08. The number of aryl methyl sites for hydroxylation is 1. The van der Waals surface area contributed by atoms with Gasteiger partial charge in [0.1, 0.15) is 0 Å². The molecule has 3 N–H and O–H groups in total. The molecule has 0 radical (unpaired) electrons. The molecule has 28 heavy (non-hydrogen) atoms. The maximum Gasteiger partial charge on any atom is 0.276 e. The topological polar surface area (TPSA) is 96.0 Å². The van der Waals surface area contributed by atoms with Crippen LogP contribution >= 0.6 is 0 Å². The number of hydrogen-bond donors (Lipinski definition) is 3. The quantitative estimate of drug-likeness (QED) is 0.605. The Kier molecular flexibility index (Phi) is 5.96. The first kappa shape index (κ1) is 19.0. The fraction of sp³-hybridized carbons (Fsp3) is 0.143. The zero-order chi connectivity index (χ0) is 19.9. The Bertz CT molecular complexity index is 952. The monoisotopic (exact) mass is 375 g/mol. The van der Waals surface area contributed by atoms with Gasteiger partial charge in [-0.3, -0.25) is 9.59 Å². The summed E-state index contributed by atoms with van der Waals surface area (Å²) in [5.74, 6) is 0.0702. The van der Waals surface area contributed by atoms with Crippen molar-refractivity contribution in [1.82, 2.24) is 10.2 Å². The minimum Gasteiger partial charge on any atom is -0.339 e. The third kappa shape index (κ3) is 5.14. The summed E-state index contributed by atoms with van der Waals surface area (Å²) in [4.78, 5) is 23.3. The average Bonchev–Trinajstić information content (AvgIpc) is 2.70. The molecular formula is C21H21N5O2. The van der Waals surface area contributed by atoms with E-state index in [1.165, 1.54) is 12.5 Å². The molecule has 0 spiro atoms. The number of aromatic nitrogens is 2. The summed E-state index contributed by atoms with van der Waals surface area (Å²) in [6.45, 7) is 3.54. The van der Waals surface area contributed by atoms with Crippen molar-refractivity contribution in [3.05, 3.63) is 71.9 Å². The van der Waals surface area contributed by atoms with Crippen LogP contribution in [0.25, 0.3) is 0 Å². The van der Waals surface area contributed by atoms with Crippen molar-refractivity contribution in [1.29, 1.82) is 0 Å². The molecule has 2 amide bonds. The number of nitrogens with one attached hydrogen (secondary N) is 3. The molecule has 0 bridgehead atoms. The van der Waals surface area contributed by atoms with Gasteiger partial charge < -0.3 is 16.0 Å². The van der Waals surface area contributed by atoms with Gasteiger partial charge in [0.05, 0.1) is 0 Å². The van der Waals surface area contributed by atoms with Gasteiger partial charge >= 0.3 is 0 Å². The molecule has 0 aliphatic heterocycles. The Morgan fingerprint density at radius 2 is 1.39 bits per heavy atom. The van der Waals surface area contributed by atoms with E-state index in [0.29, 0.717) is 17.2 Å². The first-order valence-electron chi connectivity index (χ1n) is 8.92. The second-order valence-electron chi connectivity index (χ2n) is 6.19. The lowest BCUT2D eigenvalue weighted by Crippen LogP contribution is -2.14. The van der Waals surface area contributed by atoms with Gasteiger partial charge in [-0.1, -0.05) is 19.1 Å². The molecule has 0 unspecified atom stereocenters. The van der Waals surface area contributed by atoms with Gasteiger partial charge in [-0.05, 0) is 60.5 Å². The Hall–Kier alpha value is -3.74. The van der Waals surface area contributed by atoms with Crippen molar-refractivity contribution in [2.24, 2.45) is 0 Å². The maximum absolute atomic E-state index is 12.3. The highest BCUT2D eigenvalue weighted by molar-refractivity contribution is 6.02. The molecule has 1 heterocycles.